The molecule has 0 aromatic rings. The van der Waals surface area contributed by atoms with Crippen LogP contribution in [0.1, 0.15) is 228 Å². The topological polar surface area (TPSA) is 156 Å². The van der Waals surface area contributed by atoms with Crippen molar-refractivity contribution in [2.45, 2.75) is 234 Å². The Hall–Kier alpha value is -3.01. The maximum Gasteiger partial charge on any atom is 0.407 e. The summed E-state index contributed by atoms with van der Waals surface area (Å²) in [6.07, 6.45) is 23.0. The lowest BCUT2D eigenvalue weighted by atomic mass is 10.1. The number of ether oxygens (including phenoxy) is 1. The van der Waals surface area contributed by atoms with Crippen LogP contribution in [0.4, 0.5) is 4.79 Å². The van der Waals surface area contributed by atoms with Gasteiger partial charge in [0.1, 0.15) is 5.60 Å². The first kappa shape index (κ1) is 62.0. The van der Waals surface area contributed by atoms with E-state index in [0.717, 1.165) is 148 Å². The molecule has 5 amide bonds. The van der Waals surface area contributed by atoms with Crippen LogP contribution >= 0.6 is 0 Å². The largest absolute Gasteiger partial charge is 0.444 e. The number of amides is 5. The molecule has 0 aliphatic rings. The van der Waals surface area contributed by atoms with E-state index >= 15 is 0 Å². The molecule has 0 aliphatic heterocycles. The molecule has 0 radical (unpaired) electrons. The number of rotatable bonds is 44. The van der Waals surface area contributed by atoms with Crippen LogP contribution in [-0.4, -0.2) is 115 Å². The first-order valence-corrected chi connectivity index (χ1v) is 26.0. The van der Waals surface area contributed by atoms with Crippen LogP contribution in [0.5, 0.6) is 0 Å². The molecule has 0 spiro atoms. The second-order valence-electron chi connectivity index (χ2n) is 18.2. The zero-order chi connectivity index (χ0) is 48.4. The van der Waals surface area contributed by atoms with E-state index in [0.29, 0.717) is 78.3 Å². The summed E-state index contributed by atoms with van der Waals surface area (Å²) in [6.45, 7) is 18.0. The molecule has 0 saturated carbocycles. The minimum absolute atomic E-state index is 0.0212. The highest BCUT2D eigenvalue weighted by atomic mass is 16.7. The summed E-state index contributed by atoms with van der Waals surface area (Å²) in [4.78, 5) is 86.5. The van der Waals surface area contributed by atoms with Gasteiger partial charge in [0.25, 0.3) is 0 Å². The minimum atomic E-state index is -0.569. The van der Waals surface area contributed by atoms with Gasteiger partial charge in [0.05, 0.1) is 26.4 Å². The van der Waals surface area contributed by atoms with Crippen LogP contribution in [0.2, 0.25) is 0 Å². The predicted octanol–water partition coefficient (Wildman–Crippen LogP) is 11.2. The molecule has 15 heteroatoms. The Kier molecular flexibility index (Phi) is 40.4. The lowest BCUT2D eigenvalue weighted by molar-refractivity contribution is -0.188. The van der Waals surface area contributed by atoms with Gasteiger partial charge in [-0.05, 0) is 91.4 Å². The summed E-state index contributed by atoms with van der Waals surface area (Å²) < 4.78 is 5.26. The first-order chi connectivity index (χ1) is 31.3. The second kappa shape index (κ2) is 42.4. The summed E-state index contributed by atoms with van der Waals surface area (Å²) in [5, 5.41) is 8.72. The van der Waals surface area contributed by atoms with Crippen LogP contribution in [-0.2, 0) is 43.3 Å². The average Bonchev–Trinajstić information content (AvgIpc) is 3.26. The molecular weight excluding hydrogens is 831 g/mol. The van der Waals surface area contributed by atoms with E-state index < -0.39 is 11.7 Å². The van der Waals surface area contributed by atoms with Crippen molar-refractivity contribution in [3.63, 3.8) is 0 Å². The molecule has 0 atom stereocenters. The van der Waals surface area contributed by atoms with Crippen molar-refractivity contribution in [2.24, 2.45) is 0 Å². The molecule has 0 aliphatic carbocycles. The molecule has 65 heavy (non-hydrogen) atoms. The fourth-order valence-electron chi connectivity index (χ4n) is 6.62. The number of nitrogens with zero attached hydrogens (tertiary/aromatic N) is 4. The Morgan fingerprint density at radius 1 is 0.400 bits per heavy atom. The number of hydroxylamine groups is 8. The molecule has 1 N–H and O–H groups in total. The van der Waals surface area contributed by atoms with Gasteiger partial charge in [0.15, 0.2) is 0 Å². The highest BCUT2D eigenvalue weighted by Crippen LogP contribution is 2.15. The van der Waals surface area contributed by atoms with E-state index in [9.17, 15) is 24.0 Å². The van der Waals surface area contributed by atoms with Crippen molar-refractivity contribution >= 4 is 29.7 Å². The van der Waals surface area contributed by atoms with Gasteiger partial charge in [-0.25, -0.2) is 25.0 Å². The van der Waals surface area contributed by atoms with Crippen LogP contribution in [0.25, 0.3) is 0 Å². The fraction of sp³-hybridized carbons (Fsp3) is 0.900. The predicted molar refractivity (Wildman–Crippen MR) is 258 cm³/mol. The van der Waals surface area contributed by atoms with Crippen molar-refractivity contribution in [1.82, 2.24) is 25.6 Å². The highest BCUT2D eigenvalue weighted by Gasteiger charge is 2.19. The lowest BCUT2D eigenvalue weighted by Gasteiger charge is -2.23. The van der Waals surface area contributed by atoms with Gasteiger partial charge in [-0.1, -0.05) is 111 Å². The smallest absolute Gasteiger partial charge is 0.407 e. The standard InChI is InChI=1S/C50H97N5O10/c1-9-13-41-61-52(8)45(56)33-26-20-17-23-29-38-53(62-42-14-10-2)46(57)34-27-21-18-24-30-39-54(63-43-15-11-3)47(58)35-28-22-19-25-31-40-55(64-44-16-12-4)48(59)36-32-37-51-49(60)65-50(5,6)7/h9-44H2,1-8H3,(H,51,60). The Labute approximate surface area is 395 Å². The Morgan fingerprint density at radius 2 is 0.708 bits per heavy atom. The van der Waals surface area contributed by atoms with Crippen molar-refractivity contribution in [1.29, 1.82) is 0 Å². The zero-order valence-corrected chi connectivity index (χ0v) is 42.8. The van der Waals surface area contributed by atoms with E-state index in [-0.39, 0.29) is 30.0 Å². The van der Waals surface area contributed by atoms with Crippen molar-refractivity contribution in [2.75, 3.05) is 59.7 Å². The number of alkyl carbamates (subject to hydrolysis) is 1. The van der Waals surface area contributed by atoms with Gasteiger partial charge in [-0.2, -0.15) is 0 Å². The third-order valence-corrected chi connectivity index (χ3v) is 10.7. The highest BCUT2D eigenvalue weighted by molar-refractivity contribution is 5.76. The summed E-state index contributed by atoms with van der Waals surface area (Å²) in [5.41, 5.74) is -0.569. The first-order valence-electron chi connectivity index (χ1n) is 26.0. The van der Waals surface area contributed by atoms with Crippen LogP contribution in [0.15, 0.2) is 0 Å². The van der Waals surface area contributed by atoms with Gasteiger partial charge < -0.3 is 10.1 Å². The quantitative estimate of drug-likeness (QED) is 0.0461. The van der Waals surface area contributed by atoms with Gasteiger partial charge >= 0.3 is 6.09 Å². The van der Waals surface area contributed by atoms with Crippen molar-refractivity contribution in [3.8, 4) is 0 Å². The number of carbonyl (C=O) groups excluding carboxylic acids is 5. The molecule has 0 aromatic heterocycles. The second-order valence-corrected chi connectivity index (χ2v) is 18.2. The molecule has 0 bridgehead atoms. The number of unbranched alkanes of at least 4 members (excludes halogenated alkanes) is 16. The number of nitrogens with one attached hydrogen (secondary N) is 1. The van der Waals surface area contributed by atoms with E-state index in [1.54, 1.807) is 17.2 Å². The zero-order valence-electron chi connectivity index (χ0n) is 42.8. The van der Waals surface area contributed by atoms with E-state index in [1.807, 2.05) is 20.8 Å². The molecule has 0 unspecified atom stereocenters. The van der Waals surface area contributed by atoms with E-state index in [2.05, 4.69) is 33.0 Å². The van der Waals surface area contributed by atoms with Crippen LogP contribution < -0.4 is 5.32 Å². The number of hydrogen-bond donors (Lipinski definition) is 1. The summed E-state index contributed by atoms with van der Waals surface area (Å²) in [6, 6.07) is 0. The summed E-state index contributed by atoms with van der Waals surface area (Å²) >= 11 is 0. The molecule has 0 fully saturated rings. The Morgan fingerprint density at radius 3 is 1.06 bits per heavy atom. The van der Waals surface area contributed by atoms with E-state index in [4.69, 9.17) is 24.1 Å². The van der Waals surface area contributed by atoms with Crippen LogP contribution in [0, 0.1) is 0 Å². The van der Waals surface area contributed by atoms with Gasteiger partial charge in [0, 0.05) is 58.9 Å². The molecule has 0 rings (SSSR count). The fourth-order valence-corrected chi connectivity index (χ4v) is 6.62. The third-order valence-electron chi connectivity index (χ3n) is 10.7. The number of hydrogen-bond acceptors (Lipinski definition) is 10. The summed E-state index contributed by atoms with van der Waals surface area (Å²) in [5.74, 6) is 0.0160. The monoisotopic (exact) mass is 928 g/mol. The van der Waals surface area contributed by atoms with E-state index in [1.165, 1.54) is 10.1 Å². The molecular formula is C50H97N5O10. The third kappa shape index (κ3) is 37.7. The minimum Gasteiger partial charge on any atom is -0.444 e. The van der Waals surface area contributed by atoms with Gasteiger partial charge in [-0.3, -0.25) is 38.5 Å². The van der Waals surface area contributed by atoms with Gasteiger partial charge in [-0.15, -0.1) is 0 Å². The van der Waals surface area contributed by atoms with Crippen molar-refractivity contribution < 1.29 is 48.1 Å². The van der Waals surface area contributed by atoms with Gasteiger partial charge in [0.2, 0.25) is 23.6 Å². The SMILES string of the molecule is CCCCON(C)C(=O)CCCCCCCN(OCCCC)C(=O)CCCCCCCN(OCCCC)C(=O)CCCCCCCN(OCCCC)C(=O)CCCNC(=O)OC(C)(C)C. The van der Waals surface area contributed by atoms with Crippen LogP contribution in [0.3, 0.4) is 0 Å². The maximum atomic E-state index is 13.2. The molecule has 0 aromatic carbocycles. The molecule has 15 nitrogen and oxygen atoms in total. The summed E-state index contributed by atoms with van der Waals surface area (Å²) in [7, 11) is 1.69. The number of carbonyl (C=O) groups is 5. The lowest BCUT2D eigenvalue weighted by Crippen LogP contribution is -2.35. The average molecular weight is 928 g/mol. The molecule has 382 valence electrons. The Balaban J connectivity index is 4.52. The Bertz CT molecular complexity index is 1200. The van der Waals surface area contributed by atoms with Crippen molar-refractivity contribution in [3.05, 3.63) is 0 Å². The molecule has 0 saturated heterocycles. The maximum absolute atomic E-state index is 13.2. The molecule has 0 heterocycles. The normalized spacial score (nSPS) is 11.4.